The lowest BCUT2D eigenvalue weighted by molar-refractivity contribution is -0.384. The summed E-state index contributed by atoms with van der Waals surface area (Å²) in [6, 6.07) is 8.94. The molecule has 1 N–H and O–H groups in total. The fourth-order valence-corrected chi connectivity index (χ4v) is 2.60. The lowest BCUT2D eigenvalue weighted by Crippen LogP contribution is -2.21. The van der Waals surface area contributed by atoms with E-state index in [1.807, 2.05) is 0 Å². The molecule has 0 aromatic heterocycles. The molecule has 0 aliphatic heterocycles. The molecule has 2 aromatic rings. The lowest BCUT2D eigenvalue weighted by Gasteiger charge is -2.07. The van der Waals surface area contributed by atoms with Crippen molar-refractivity contribution in [2.24, 2.45) is 0 Å². The first kappa shape index (κ1) is 20.6. The summed E-state index contributed by atoms with van der Waals surface area (Å²) in [6.45, 7) is -0.636. The highest BCUT2D eigenvalue weighted by Gasteiger charge is 2.15. The van der Waals surface area contributed by atoms with E-state index < -0.39 is 29.2 Å². The van der Waals surface area contributed by atoms with Crippen molar-refractivity contribution in [3.8, 4) is 0 Å². The smallest absolute Gasteiger partial charge is 0.338 e. The number of nitro benzene ring substituents is 1. The molecule has 0 aliphatic rings. The predicted molar refractivity (Wildman–Crippen MR) is 95.3 cm³/mol. The molecule has 2 rings (SSSR count). The monoisotopic (exact) mass is 416 g/mol. The van der Waals surface area contributed by atoms with Crippen molar-refractivity contribution in [3.05, 3.63) is 63.2 Å². The van der Waals surface area contributed by atoms with E-state index >= 15 is 0 Å². The van der Waals surface area contributed by atoms with Crippen LogP contribution >= 0.6 is 23.4 Å². The molecule has 142 valence electrons. The molecule has 0 aliphatic carbocycles. The SMILES string of the molecule is O=C(COC(=O)c1ccc(SC(F)F)cc1)Nc1ccc(Cl)c([N+](=O)[O-])c1. The van der Waals surface area contributed by atoms with Crippen LogP contribution in [0.1, 0.15) is 10.4 Å². The zero-order valence-corrected chi connectivity index (χ0v) is 14.9. The quantitative estimate of drug-likeness (QED) is 0.311. The molecule has 0 fully saturated rings. The van der Waals surface area contributed by atoms with Crippen LogP contribution in [0.3, 0.4) is 0 Å². The number of nitro groups is 1. The van der Waals surface area contributed by atoms with Crippen molar-refractivity contribution in [3.63, 3.8) is 0 Å². The normalized spacial score (nSPS) is 10.5. The number of hydrogen-bond donors (Lipinski definition) is 1. The fraction of sp³-hybridized carbons (Fsp3) is 0.125. The summed E-state index contributed by atoms with van der Waals surface area (Å²) in [5.41, 5.74) is -0.183. The van der Waals surface area contributed by atoms with Gasteiger partial charge in [-0.3, -0.25) is 14.9 Å². The van der Waals surface area contributed by atoms with Crippen LogP contribution in [0.15, 0.2) is 47.4 Å². The van der Waals surface area contributed by atoms with Gasteiger partial charge in [-0.25, -0.2) is 4.79 Å². The number of carbonyl (C=O) groups is 2. The first-order valence-electron chi connectivity index (χ1n) is 7.22. The number of esters is 1. The number of nitrogens with one attached hydrogen (secondary N) is 1. The number of anilines is 1. The van der Waals surface area contributed by atoms with E-state index in [1.165, 1.54) is 36.4 Å². The van der Waals surface area contributed by atoms with Gasteiger partial charge in [-0.15, -0.1) is 0 Å². The largest absolute Gasteiger partial charge is 0.452 e. The van der Waals surface area contributed by atoms with Gasteiger partial charge in [0.25, 0.3) is 17.4 Å². The fourth-order valence-electron chi connectivity index (χ4n) is 1.91. The van der Waals surface area contributed by atoms with Crippen molar-refractivity contribution in [2.75, 3.05) is 11.9 Å². The molecule has 2 aromatic carbocycles. The third-order valence-electron chi connectivity index (χ3n) is 3.08. The Hall–Kier alpha value is -2.72. The van der Waals surface area contributed by atoms with Crippen LogP contribution in [0.25, 0.3) is 0 Å². The number of nitrogens with zero attached hydrogens (tertiary/aromatic N) is 1. The minimum absolute atomic E-state index is 0.0853. The van der Waals surface area contributed by atoms with Gasteiger partial charge in [0, 0.05) is 16.6 Å². The van der Waals surface area contributed by atoms with Gasteiger partial charge in [0.1, 0.15) is 5.02 Å². The van der Waals surface area contributed by atoms with E-state index in [4.69, 9.17) is 16.3 Å². The molecule has 0 atom stereocenters. The molecule has 0 radical (unpaired) electrons. The topological polar surface area (TPSA) is 98.5 Å². The maximum atomic E-state index is 12.2. The highest BCUT2D eigenvalue weighted by Crippen LogP contribution is 2.27. The molecule has 1 amide bonds. The van der Waals surface area contributed by atoms with E-state index in [0.717, 1.165) is 6.07 Å². The number of hydrogen-bond acceptors (Lipinski definition) is 6. The predicted octanol–water partition coefficient (Wildman–Crippen LogP) is 4.36. The van der Waals surface area contributed by atoms with Crippen molar-refractivity contribution < 1.29 is 28.0 Å². The molecule has 0 saturated heterocycles. The van der Waals surface area contributed by atoms with Crippen LogP contribution in [0.5, 0.6) is 0 Å². The van der Waals surface area contributed by atoms with Crippen molar-refractivity contribution >= 4 is 46.6 Å². The van der Waals surface area contributed by atoms with E-state index in [1.54, 1.807) is 0 Å². The summed E-state index contributed by atoms with van der Waals surface area (Å²) in [7, 11) is 0. The highest BCUT2D eigenvalue weighted by molar-refractivity contribution is 7.99. The van der Waals surface area contributed by atoms with E-state index in [-0.39, 0.29) is 26.9 Å². The van der Waals surface area contributed by atoms with Crippen LogP contribution in [0.2, 0.25) is 5.02 Å². The van der Waals surface area contributed by atoms with Crippen molar-refractivity contribution in [1.82, 2.24) is 0 Å². The molecular weight excluding hydrogens is 406 g/mol. The number of benzene rings is 2. The van der Waals surface area contributed by atoms with E-state index in [9.17, 15) is 28.5 Å². The van der Waals surface area contributed by atoms with Crippen molar-refractivity contribution in [2.45, 2.75) is 10.7 Å². The summed E-state index contributed by atoms with van der Waals surface area (Å²) in [5.74, 6) is -4.11. The number of ether oxygens (including phenoxy) is 1. The van der Waals surface area contributed by atoms with Gasteiger partial charge in [-0.1, -0.05) is 23.4 Å². The van der Waals surface area contributed by atoms with Gasteiger partial charge in [-0.05, 0) is 36.4 Å². The number of amides is 1. The first-order valence-corrected chi connectivity index (χ1v) is 8.48. The second kappa shape index (κ2) is 9.28. The Kier molecular flexibility index (Phi) is 7.08. The third kappa shape index (κ3) is 6.19. The van der Waals surface area contributed by atoms with Crippen molar-refractivity contribution in [1.29, 1.82) is 0 Å². The summed E-state index contributed by atoms with van der Waals surface area (Å²) in [5, 5.41) is 13.1. The minimum Gasteiger partial charge on any atom is -0.452 e. The van der Waals surface area contributed by atoms with E-state index in [2.05, 4.69) is 5.32 Å². The molecule has 0 unspecified atom stereocenters. The molecule has 0 heterocycles. The Bertz CT molecular complexity index is 864. The van der Waals surface area contributed by atoms with Crippen LogP contribution in [0.4, 0.5) is 20.2 Å². The van der Waals surface area contributed by atoms with Crippen LogP contribution < -0.4 is 5.32 Å². The first-order chi connectivity index (χ1) is 12.8. The van der Waals surface area contributed by atoms with Crippen LogP contribution in [-0.2, 0) is 9.53 Å². The third-order valence-corrected chi connectivity index (χ3v) is 4.12. The Morgan fingerprint density at radius 3 is 2.48 bits per heavy atom. The van der Waals surface area contributed by atoms with Crippen LogP contribution in [0, 0.1) is 10.1 Å². The maximum Gasteiger partial charge on any atom is 0.338 e. The second-order valence-corrected chi connectivity index (χ2v) is 6.42. The second-order valence-electron chi connectivity index (χ2n) is 4.95. The van der Waals surface area contributed by atoms with Gasteiger partial charge in [0.2, 0.25) is 0 Å². The minimum atomic E-state index is -2.57. The molecule has 11 heteroatoms. The number of rotatable bonds is 7. The van der Waals surface area contributed by atoms with Gasteiger partial charge in [0.15, 0.2) is 6.61 Å². The highest BCUT2D eigenvalue weighted by atomic mass is 35.5. The summed E-state index contributed by atoms with van der Waals surface area (Å²) in [6.07, 6.45) is 0. The Balaban J connectivity index is 1.90. The zero-order chi connectivity index (χ0) is 20.0. The van der Waals surface area contributed by atoms with Gasteiger partial charge in [0.05, 0.1) is 10.5 Å². The summed E-state index contributed by atoms with van der Waals surface area (Å²) >= 11 is 6.01. The Morgan fingerprint density at radius 1 is 1.22 bits per heavy atom. The number of alkyl halides is 2. The Labute approximate surface area is 160 Å². The molecular formula is C16H11ClF2N2O5S. The molecule has 0 spiro atoms. The standard InChI is InChI=1S/C16H11ClF2N2O5S/c17-12-6-3-10(7-13(12)21(24)25)20-14(22)8-26-15(23)9-1-4-11(5-2-9)27-16(18)19/h1-7,16H,8H2,(H,20,22). The van der Waals surface area contributed by atoms with Gasteiger partial charge < -0.3 is 10.1 Å². The average molecular weight is 417 g/mol. The Morgan fingerprint density at radius 2 is 1.89 bits per heavy atom. The van der Waals surface area contributed by atoms with Crippen LogP contribution in [-0.4, -0.2) is 29.2 Å². The maximum absolute atomic E-state index is 12.2. The summed E-state index contributed by atoms with van der Waals surface area (Å²) in [4.78, 5) is 34.1. The van der Waals surface area contributed by atoms with Gasteiger partial charge in [-0.2, -0.15) is 8.78 Å². The molecule has 7 nitrogen and oxygen atoms in total. The van der Waals surface area contributed by atoms with Gasteiger partial charge >= 0.3 is 5.97 Å². The lowest BCUT2D eigenvalue weighted by atomic mass is 10.2. The molecule has 27 heavy (non-hydrogen) atoms. The zero-order valence-electron chi connectivity index (χ0n) is 13.4. The number of halogens is 3. The summed E-state index contributed by atoms with van der Waals surface area (Å²) < 4.78 is 29.3. The number of thioether (sulfide) groups is 1. The van der Waals surface area contributed by atoms with E-state index in [0.29, 0.717) is 11.8 Å². The number of carbonyl (C=O) groups excluding carboxylic acids is 2. The average Bonchev–Trinajstić information content (AvgIpc) is 2.61. The molecule has 0 saturated carbocycles. The molecule has 0 bridgehead atoms.